The predicted molar refractivity (Wildman–Crippen MR) is 50.6 cm³/mol. The zero-order chi connectivity index (χ0) is 7.28. The molecule has 0 spiro atoms. The zero-order valence-corrected chi connectivity index (χ0v) is 8.31. The van der Waals surface area contributed by atoms with E-state index in [0.29, 0.717) is 0 Å². The van der Waals surface area contributed by atoms with E-state index in [2.05, 4.69) is 26.4 Å². The van der Waals surface area contributed by atoms with E-state index >= 15 is 0 Å². The molecule has 56 valence electrons. The van der Waals surface area contributed by atoms with Crippen LogP contribution in [0.3, 0.4) is 0 Å². The first-order valence-electron chi connectivity index (χ1n) is 3.31. The number of hydrogen-bond acceptors (Lipinski definition) is 2. The molecule has 0 aromatic heterocycles. The van der Waals surface area contributed by atoms with Gasteiger partial charge in [-0.2, -0.15) is 23.5 Å². The standard InChI is InChI=1S/C7H16S2/c1-5-7(9-4)6(2)8-3/h6-7H,5H2,1-4H3. The largest absolute Gasteiger partial charge is 0.161 e. The summed E-state index contributed by atoms with van der Waals surface area (Å²) in [5, 5.41) is 1.66. The van der Waals surface area contributed by atoms with Crippen LogP contribution >= 0.6 is 23.5 Å². The lowest BCUT2D eigenvalue weighted by molar-refractivity contribution is 0.811. The monoisotopic (exact) mass is 164 g/mol. The van der Waals surface area contributed by atoms with Gasteiger partial charge >= 0.3 is 0 Å². The van der Waals surface area contributed by atoms with Crippen molar-refractivity contribution in [3.8, 4) is 0 Å². The summed E-state index contributed by atoms with van der Waals surface area (Å²) in [5.41, 5.74) is 0. The third-order valence-electron chi connectivity index (χ3n) is 1.60. The van der Waals surface area contributed by atoms with Crippen LogP contribution in [0.15, 0.2) is 0 Å². The molecule has 0 rings (SSSR count). The van der Waals surface area contributed by atoms with Crippen LogP contribution < -0.4 is 0 Å². The van der Waals surface area contributed by atoms with Gasteiger partial charge in [0.15, 0.2) is 0 Å². The molecule has 0 amide bonds. The molecule has 9 heavy (non-hydrogen) atoms. The van der Waals surface area contributed by atoms with Gasteiger partial charge in [0.25, 0.3) is 0 Å². The Morgan fingerprint density at radius 3 is 1.89 bits per heavy atom. The number of rotatable bonds is 4. The van der Waals surface area contributed by atoms with Gasteiger partial charge in [0.2, 0.25) is 0 Å². The van der Waals surface area contributed by atoms with Crippen LogP contribution in [0.5, 0.6) is 0 Å². The van der Waals surface area contributed by atoms with Gasteiger partial charge in [-0.3, -0.25) is 0 Å². The van der Waals surface area contributed by atoms with E-state index in [1.807, 2.05) is 23.5 Å². The Hall–Kier alpha value is 0.700. The normalized spacial score (nSPS) is 17.3. The van der Waals surface area contributed by atoms with Crippen LogP contribution in [0.2, 0.25) is 0 Å². The molecule has 0 aromatic rings. The molecule has 0 aliphatic carbocycles. The molecule has 2 atom stereocenters. The summed E-state index contributed by atoms with van der Waals surface area (Å²) >= 11 is 3.94. The molecular formula is C7H16S2. The molecule has 2 heteroatoms. The Labute approximate surface area is 67.2 Å². The molecule has 0 heterocycles. The molecule has 0 bridgehead atoms. The van der Waals surface area contributed by atoms with Gasteiger partial charge in [-0.05, 0) is 18.9 Å². The van der Waals surface area contributed by atoms with Crippen molar-refractivity contribution in [2.45, 2.75) is 30.8 Å². The van der Waals surface area contributed by atoms with Crippen molar-refractivity contribution in [2.75, 3.05) is 12.5 Å². The third kappa shape index (κ3) is 3.41. The summed E-state index contributed by atoms with van der Waals surface area (Å²) in [6.07, 6.45) is 5.67. The van der Waals surface area contributed by atoms with E-state index in [1.54, 1.807) is 0 Å². The summed E-state index contributed by atoms with van der Waals surface area (Å²) < 4.78 is 0. The fourth-order valence-electron chi connectivity index (χ4n) is 0.842. The molecule has 0 saturated carbocycles. The molecule has 0 aliphatic rings. The molecule has 0 N–H and O–H groups in total. The van der Waals surface area contributed by atoms with Crippen molar-refractivity contribution in [3.63, 3.8) is 0 Å². The molecule has 0 fully saturated rings. The van der Waals surface area contributed by atoms with E-state index in [0.717, 1.165) is 10.5 Å². The van der Waals surface area contributed by atoms with Crippen molar-refractivity contribution < 1.29 is 0 Å². The molecular weight excluding hydrogens is 148 g/mol. The number of thioether (sulfide) groups is 2. The maximum absolute atomic E-state index is 2.30. The summed E-state index contributed by atoms with van der Waals surface area (Å²) in [4.78, 5) is 0. The first-order valence-corrected chi connectivity index (χ1v) is 5.89. The minimum absolute atomic E-state index is 0.810. The highest BCUT2D eigenvalue weighted by molar-refractivity contribution is 8.03. The highest BCUT2D eigenvalue weighted by Crippen LogP contribution is 2.22. The third-order valence-corrected chi connectivity index (χ3v) is 4.19. The maximum Gasteiger partial charge on any atom is 0.0158 e. The van der Waals surface area contributed by atoms with Gasteiger partial charge < -0.3 is 0 Å². The number of hydrogen-bond donors (Lipinski definition) is 0. The minimum atomic E-state index is 0.810. The Balaban J connectivity index is 3.50. The molecule has 0 radical (unpaired) electrons. The second-order valence-electron chi connectivity index (χ2n) is 2.12. The summed E-state index contributed by atoms with van der Waals surface area (Å²) in [6.45, 7) is 4.56. The lowest BCUT2D eigenvalue weighted by atomic mass is 10.3. The van der Waals surface area contributed by atoms with Crippen LogP contribution in [-0.2, 0) is 0 Å². The van der Waals surface area contributed by atoms with Crippen molar-refractivity contribution in [1.29, 1.82) is 0 Å². The molecule has 0 aliphatic heterocycles. The maximum atomic E-state index is 2.30. The lowest BCUT2D eigenvalue weighted by Crippen LogP contribution is -2.14. The van der Waals surface area contributed by atoms with Crippen LogP contribution in [-0.4, -0.2) is 23.0 Å². The smallest absolute Gasteiger partial charge is 0.0158 e. The van der Waals surface area contributed by atoms with Crippen LogP contribution in [0, 0.1) is 0 Å². The van der Waals surface area contributed by atoms with Crippen LogP contribution in [0.1, 0.15) is 20.3 Å². The van der Waals surface area contributed by atoms with Gasteiger partial charge in [-0.1, -0.05) is 13.8 Å². The van der Waals surface area contributed by atoms with E-state index in [4.69, 9.17) is 0 Å². The van der Waals surface area contributed by atoms with E-state index in [1.165, 1.54) is 6.42 Å². The van der Waals surface area contributed by atoms with Crippen molar-refractivity contribution in [1.82, 2.24) is 0 Å². The van der Waals surface area contributed by atoms with Crippen molar-refractivity contribution in [2.24, 2.45) is 0 Å². The van der Waals surface area contributed by atoms with Crippen molar-refractivity contribution >= 4 is 23.5 Å². The van der Waals surface area contributed by atoms with Crippen LogP contribution in [0.25, 0.3) is 0 Å². The van der Waals surface area contributed by atoms with E-state index < -0.39 is 0 Å². The van der Waals surface area contributed by atoms with E-state index in [-0.39, 0.29) is 0 Å². The second kappa shape index (κ2) is 5.48. The van der Waals surface area contributed by atoms with Gasteiger partial charge in [0, 0.05) is 10.5 Å². The SMILES string of the molecule is CCC(SC)C(C)SC. The Morgan fingerprint density at radius 2 is 1.78 bits per heavy atom. The van der Waals surface area contributed by atoms with Crippen LogP contribution in [0.4, 0.5) is 0 Å². The minimum Gasteiger partial charge on any atom is -0.161 e. The van der Waals surface area contributed by atoms with Crippen molar-refractivity contribution in [3.05, 3.63) is 0 Å². The quantitative estimate of drug-likeness (QED) is 0.626. The fourth-order valence-corrected chi connectivity index (χ4v) is 2.72. The first-order chi connectivity index (χ1) is 4.26. The second-order valence-corrected chi connectivity index (χ2v) is 4.42. The summed E-state index contributed by atoms with van der Waals surface area (Å²) in [6, 6.07) is 0. The van der Waals surface area contributed by atoms with Gasteiger partial charge in [0.05, 0.1) is 0 Å². The lowest BCUT2D eigenvalue weighted by Gasteiger charge is -2.17. The molecule has 0 saturated heterocycles. The van der Waals surface area contributed by atoms with Gasteiger partial charge in [-0.25, -0.2) is 0 Å². The van der Waals surface area contributed by atoms with Gasteiger partial charge in [-0.15, -0.1) is 0 Å². The molecule has 0 nitrogen and oxygen atoms in total. The van der Waals surface area contributed by atoms with Gasteiger partial charge in [0.1, 0.15) is 0 Å². The zero-order valence-electron chi connectivity index (χ0n) is 6.68. The highest BCUT2D eigenvalue weighted by Gasteiger charge is 2.11. The average molecular weight is 164 g/mol. The molecule has 2 unspecified atom stereocenters. The molecule has 0 aromatic carbocycles. The Kier molecular flexibility index (Phi) is 5.91. The highest BCUT2D eigenvalue weighted by atomic mass is 32.2. The predicted octanol–water partition coefficient (Wildman–Crippen LogP) is 2.88. The topological polar surface area (TPSA) is 0 Å². The summed E-state index contributed by atoms with van der Waals surface area (Å²) in [7, 11) is 0. The first kappa shape index (κ1) is 9.70. The summed E-state index contributed by atoms with van der Waals surface area (Å²) in [5.74, 6) is 0. The average Bonchev–Trinajstić information content (AvgIpc) is 1.90. The fraction of sp³-hybridized carbons (Fsp3) is 1.00. The van der Waals surface area contributed by atoms with E-state index in [9.17, 15) is 0 Å². The Bertz CT molecular complexity index is 59.9. The Morgan fingerprint density at radius 1 is 1.22 bits per heavy atom.